The highest BCUT2D eigenvalue weighted by molar-refractivity contribution is 5.67. The normalized spacial score (nSPS) is 10.9. The quantitative estimate of drug-likeness (QED) is 0.801. The Balaban J connectivity index is 2.35. The Morgan fingerprint density at radius 2 is 2.27 bits per heavy atom. The molecule has 15 heavy (non-hydrogen) atoms. The van der Waals surface area contributed by atoms with E-state index in [9.17, 15) is 4.79 Å². The lowest BCUT2D eigenvalue weighted by molar-refractivity contribution is 0.0523. The molecule has 0 aliphatic heterocycles. The van der Waals surface area contributed by atoms with Crippen molar-refractivity contribution in [3.8, 4) is 0 Å². The third-order valence-corrected chi connectivity index (χ3v) is 1.44. The van der Waals surface area contributed by atoms with Gasteiger partial charge in [-0.15, -0.1) is 0 Å². The molecule has 1 aromatic heterocycles. The fourth-order valence-corrected chi connectivity index (χ4v) is 0.905. The van der Waals surface area contributed by atoms with Crippen molar-refractivity contribution in [3.05, 3.63) is 24.0 Å². The van der Waals surface area contributed by atoms with E-state index in [0.29, 0.717) is 12.2 Å². The molecule has 1 amide bonds. The fraction of sp³-hybridized carbons (Fsp3) is 0.500. The zero-order valence-electron chi connectivity index (χ0n) is 9.15. The van der Waals surface area contributed by atoms with Gasteiger partial charge in [-0.05, 0) is 32.9 Å². The van der Waals surface area contributed by atoms with Crippen LogP contribution in [0.1, 0.15) is 26.5 Å². The van der Waals surface area contributed by atoms with Crippen LogP contribution in [0, 0.1) is 0 Å². The predicted octanol–water partition coefficient (Wildman–Crippen LogP) is 1.50. The lowest BCUT2D eigenvalue weighted by atomic mass is 10.2. The Labute approximate surface area is 88.9 Å². The van der Waals surface area contributed by atoms with Crippen molar-refractivity contribution in [1.29, 1.82) is 0 Å². The first kappa shape index (κ1) is 11.4. The smallest absolute Gasteiger partial charge is 0.407 e. The van der Waals surface area contributed by atoms with Gasteiger partial charge in [0.25, 0.3) is 0 Å². The minimum atomic E-state index is -0.480. The first-order valence-electron chi connectivity index (χ1n) is 4.71. The van der Waals surface area contributed by atoms with Crippen LogP contribution in [0.25, 0.3) is 0 Å². The molecule has 1 heterocycles. The number of nitrogens with one attached hydrogen (secondary N) is 1. The highest BCUT2D eigenvalue weighted by Crippen LogP contribution is 2.06. The van der Waals surface area contributed by atoms with E-state index in [1.165, 1.54) is 0 Å². The van der Waals surface area contributed by atoms with E-state index in [4.69, 9.17) is 4.74 Å². The number of rotatable bonds is 2. The van der Waals surface area contributed by atoms with Gasteiger partial charge in [-0.25, -0.2) is 4.79 Å². The molecule has 0 atom stereocenters. The van der Waals surface area contributed by atoms with Gasteiger partial charge in [0.15, 0.2) is 0 Å². The summed E-state index contributed by atoms with van der Waals surface area (Å²) in [6.45, 7) is 5.77. The summed E-state index contributed by atoms with van der Waals surface area (Å²) in [5.74, 6) is 0. The number of nitrogens with zero attached hydrogens (tertiary/aromatic N) is 2. The van der Waals surface area contributed by atoms with Gasteiger partial charge in [0.2, 0.25) is 0 Å². The van der Waals surface area contributed by atoms with Crippen LogP contribution in [0.5, 0.6) is 0 Å². The van der Waals surface area contributed by atoms with Crippen LogP contribution in [-0.2, 0) is 11.3 Å². The van der Waals surface area contributed by atoms with Gasteiger partial charge < -0.3 is 10.1 Å². The summed E-state index contributed by atoms with van der Waals surface area (Å²) in [5.41, 5.74) is 0.218. The standard InChI is InChI=1S/C10H15N3O2/c1-10(2,3)15-9(14)11-7-8-5-4-6-12-13-8/h4-6H,7H2,1-3H3,(H,11,14). The van der Waals surface area contributed by atoms with E-state index in [2.05, 4.69) is 15.5 Å². The maximum Gasteiger partial charge on any atom is 0.407 e. The molecule has 5 nitrogen and oxygen atoms in total. The predicted molar refractivity (Wildman–Crippen MR) is 55.1 cm³/mol. The molecule has 5 heteroatoms. The largest absolute Gasteiger partial charge is 0.444 e. The molecule has 0 bridgehead atoms. The second kappa shape index (κ2) is 4.72. The van der Waals surface area contributed by atoms with E-state index < -0.39 is 11.7 Å². The van der Waals surface area contributed by atoms with Crippen LogP contribution >= 0.6 is 0 Å². The monoisotopic (exact) mass is 209 g/mol. The number of aromatic nitrogens is 2. The zero-order chi connectivity index (χ0) is 11.3. The van der Waals surface area contributed by atoms with Crippen molar-refractivity contribution in [1.82, 2.24) is 15.5 Å². The molecule has 0 unspecified atom stereocenters. The molecule has 0 radical (unpaired) electrons. The van der Waals surface area contributed by atoms with Crippen molar-refractivity contribution in [2.75, 3.05) is 0 Å². The highest BCUT2D eigenvalue weighted by Gasteiger charge is 2.15. The maximum atomic E-state index is 11.3. The van der Waals surface area contributed by atoms with Gasteiger partial charge in [-0.1, -0.05) is 0 Å². The van der Waals surface area contributed by atoms with Crippen LogP contribution in [-0.4, -0.2) is 21.9 Å². The molecule has 1 N–H and O–H groups in total. The summed E-state index contributed by atoms with van der Waals surface area (Å²) in [5, 5.41) is 10.1. The van der Waals surface area contributed by atoms with Crippen LogP contribution in [0.2, 0.25) is 0 Å². The molecular weight excluding hydrogens is 194 g/mol. The molecule has 1 aromatic rings. The summed E-state index contributed by atoms with van der Waals surface area (Å²) >= 11 is 0. The third-order valence-electron chi connectivity index (χ3n) is 1.44. The summed E-state index contributed by atoms with van der Waals surface area (Å²) in [7, 11) is 0. The molecule has 0 aliphatic rings. The average molecular weight is 209 g/mol. The SMILES string of the molecule is CC(C)(C)OC(=O)NCc1cccnn1. The van der Waals surface area contributed by atoms with Gasteiger partial charge >= 0.3 is 6.09 Å². The summed E-state index contributed by atoms with van der Waals surface area (Å²) in [4.78, 5) is 11.3. The van der Waals surface area contributed by atoms with Crippen LogP contribution < -0.4 is 5.32 Å². The van der Waals surface area contributed by atoms with Crippen LogP contribution in [0.3, 0.4) is 0 Å². The Morgan fingerprint density at radius 1 is 1.53 bits per heavy atom. The molecular formula is C10H15N3O2. The molecule has 82 valence electrons. The van der Waals surface area contributed by atoms with Gasteiger partial charge in [-0.3, -0.25) is 0 Å². The molecule has 0 aromatic carbocycles. The maximum absolute atomic E-state index is 11.3. The van der Waals surface area contributed by atoms with Crippen LogP contribution in [0.15, 0.2) is 18.3 Å². The average Bonchev–Trinajstić information content (AvgIpc) is 2.14. The van der Waals surface area contributed by atoms with Crippen LogP contribution in [0.4, 0.5) is 4.79 Å². The number of hydrogen-bond acceptors (Lipinski definition) is 4. The molecule has 0 fully saturated rings. The fourth-order valence-electron chi connectivity index (χ4n) is 0.905. The van der Waals surface area contributed by atoms with E-state index in [0.717, 1.165) is 0 Å². The first-order chi connectivity index (χ1) is 6.97. The highest BCUT2D eigenvalue weighted by atomic mass is 16.6. The van der Waals surface area contributed by atoms with E-state index in [1.54, 1.807) is 18.3 Å². The summed E-state index contributed by atoms with van der Waals surface area (Å²) in [6, 6.07) is 3.55. The Morgan fingerprint density at radius 3 is 2.80 bits per heavy atom. The molecule has 0 spiro atoms. The number of amides is 1. The van der Waals surface area contributed by atoms with Gasteiger partial charge in [-0.2, -0.15) is 10.2 Å². The molecule has 0 saturated heterocycles. The van der Waals surface area contributed by atoms with Gasteiger partial charge in [0.05, 0.1) is 12.2 Å². The Hall–Kier alpha value is -1.65. The van der Waals surface area contributed by atoms with Gasteiger partial charge in [0, 0.05) is 6.20 Å². The van der Waals surface area contributed by atoms with Crippen molar-refractivity contribution in [2.24, 2.45) is 0 Å². The number of carbonyl (C=O) groups is 1. The number of hydrogen-bond donors (Lipinski definition) is 1. The minimum absolute atomic E-state index is 0.322. The zero-order valence-corrected chi connectivity index (χ0v) is 9.15. The van der Waals surface area contributed by atoms with Gasteiger partial charge in [0.1, 0.15) is 5.60 Å². The molecule has 0 saturated carbocycles. The Kier molecular flexibility index (Phi) is 3.60. The first-order valence-corrected chi connectivity index (χ1v) is 4.71. The Bertz CT molecular complexity index is 319. The van der Waals surface area contributed by atoms with Crippen molar-refractivity contribution in [3.63, 3.8) is 0 Å². The lowest BCUT2D eigenvalue weighted by Gasteiger charge is -2.19. The second-order valence-corrected chi connectivity index (χ2v) is 4.07. The lowest BCUT2D eigenvalue weighted by Crippen LogP contribution is -2.32. The molecule has 1 rings (SSSR count). The van der Waals surface area contributed by atoms with E-state index in [-0.39, 0.29) is 0 Å². The topological polar surface area (TPSA) is 64.1 Å². The minimum Gasteiger partial charge on any atom is -0.444 e. The van der Waals surface area contributed by atoms with Crippen molar-refractivity contribution in [2.45, 2.75) is 32.9 Å². The van der Waals surface area contributed by atoms with E-state index in [1.807, 2.05) is 20.8 Å². The summed E-state index contributed by atoms with van der Waals surface area (Å²) in [6.07, 6.45) is 1.13. The molecule has 0 aliphatic carbocycles. The van der Waals surface area contributed by atoms with Crippen molar-refractivity contribution >= 4 is 6.09 Å². The second-order valence-electron chi connectivity index (χ2n) is 4.07. The number of alkyl carbamates (subject to hydrolysis) is 1. The number of carbonyl (C=O) groups excluding carboxylic acids is 1. The summed E-state index contributed by atoms with van der Waals surface area (Å²) < 4.78 is 5.06. The van der Waals surface area contributed by atoms with E-state index >= 15 is 0 Å². The third kappa shape index (κ3) is 4.95. The number of ether oxygens (including phenoxy) is 1. The van der Waals surface area contributed by atoms with Crippen molar-refractivity contribution < 1.29 is 9.53 Å².